The minimum absolute atomic E-state index is 0.0383. The van der Waals surface area contributed by atoms with Crippen molar-refractivity contribution < 1.29 is 13.2 Å². The molecule has 0 aliphatic heterocycles. The Bertz CT molecular complexity index is 714. The Morgan fingerprint density at radius 3 is 2.50 bits per heavy atom. The van der Waals surface area contributed by atoms with Gasteiger partial charge in [-0.3, -0.25) is 0 Å². The number of alkyl halides is 3. The van der Waals surface area contributed by atoms with Crippen LogP contribution in [-0.4, -0.2) is 0 Å². The minimum atomic E-state index is -4.48. The molecular formula is C13H8BrF3N2S. The summed E-state index contributed by atoms with van der Waals surface area (Å²) >= 11 is 4.01. The highest BCUT2D eigenvalue weighted by molar-refractivity contribution is 9.10. The van der Waals surface area contributed by atoms with E-state index in [1.165, 1.54) is 12.1 Å². The molecule has 1 heterocycles. The van der Waals surface area contributed by atoms with Crippen LogP contribution in [0.2, 0.25) is 0 Å². The van der Waals surface area contributed by atoms with E-state index in [2.05, 4.69) is 15.9 Å². The van der Waals surface area contributed by atoms with Gasteiger partial charge in [0.05, 0.1) is 11.3 Å². The fraction of sp³-hybridized carbons (Fsp3) is 0.154. The largest absolute Gasteiger partial charge is 0.417 e. The second kappa shape index (κ2) is 5.11. The molecule has 0 radical (unpaired) electrons. The number of benzene rings is 1. The fourth-order valence-corrected chi connectivity index (χ4v) is 3.24. The van der Waals surface area contributed by atoms with Crippen LogP contribution in [0.15, 0.2) is 22.7 Å². The van der Waals surface area contributed by atoms with Crippen molar-refractivity contribution in [2.75, 3.05) is 5.73 Å². The molecule has 0 fully saturated rings. The molecule has 0 spiro atoms. The number of hydrogen-bond donors (Lipinski definition) is 1. The van der Waals surface area contributed by atoms with Crippen LogP contribution in [0.5, 0.6) is 0 Å². The maximum atomic E-state index is 13.1. The van der Waals surface area contributed by atoms with Crippen LogP contribution in [0.25, 0.3) is 10.4 Å². The second-order valence-corrected chi connectivity index (χ2v) is 6.03. The molecule has 7 heteroatoms. The molecule has 2 rings (SSSR count). The van der Waals surface area contributed by atoms with E-state index in [0.29, 0.717) is 14.9 Å². The number of nitrogens with zero attached hydrogens (tertiary/aromatic N) is 1. The van der Waals surface area contributed by atoms with Crippen LogP contribution in [0, 0.1) is 18.3 Å². The summed E-state index contributed by atoms with van der Waals surface area (Å²) in [7, 11) is 0. The lowest BCUT2D eigenvalue weighted by Crippen LogP contribution is -2.07. The molecule has 2 N–H and O–H groups in total. The first kappa shape index (κ1) is 14.9. The lowest BCUT2D eigenvalue weighted by atomic mass is 10.0. The zero-order chi connectivity index (χ0) is 15.1. The number of anilines is 1. The predicted octanol–water partition coefficient (Wildman–Crippen LogP) is 4.96. The molecule has 0 atom stereocenters. The van der Waals surface area contributed by atoms with Gasteiger partial charge in [-0.15, -0.1) is 11.3 Å². The summed E-state index contributed by atoms with van der Waals surface area (Å²) in [6.45, 7) is 1.62. The summed E-state index contributed by atoms with van der Waals surface area (Å²) in [5, 5.41) is 8.93. The molecule has 1 aromatic carbocycles. The zero-order valence-corrected chi connectivity index (χ0v) is 12.6. The molecule has 0 amide bonds. The number of halogens is 4. The number of nitriles is 1. The smallest absolute Gasteiger partial charge is 0.397 e. The number of rotatable bonds is 1. The van der Waals surface area contributed by atoms with Gasteiger partial charge in [0.2, 0.25) is 0 Å². The summed E-state index contributed by atoms with van der Waals surface area (Å²) in [4.78, 5) is 0.604. The molecule has 104 valence electrons. The Hall–Kier alpha value is -1.52. The molecule has 0 bridgehead atoms. The first-order valence-electron chi connectivity index (χ1n) is 5.41. The highest BCUT2D eigenvalue weighted by Gasteiger charge is 2.35. The Morgan fingerprint density at radius 2 is 2.00 bits per heavy atom. The van der Waals surface area contributed by atoms with Crippen LogP contribution in [-0.2, 0) is 6.18 Å². The SMILES string of the molecule is Cc1c(-c2ccc(Br)cc2C(F)(F)F)sc(C#N)c1N. The van der Waals surface area contributed by atoms with Crippen molar-refractivity contribution in [3.63, 3.8) is 0 Å². The van der Waals surface area contributed by atoms with Gasteiger partial charge in [0.15, 0.2) is 0 Å². The molecular weight excluding hydrogens is 353 g/mol. The molecule has 0 saturated carbocycles. The van der Waals surface area contributed by atoms with Gasteiger partial charge in [0.25, 0.3) is 0 Å². The van der Waals surface area contributed by atoms with E-state index >= 15 is 0 Å². The summed E-state index contributed by atoms with van der Waals surface area (Å²) in [6.07, 6.45) is -4.48. The average molecular weight is 361 g/mol. The number of nitrogens with two attached hydrogens (primary N) is 1. The average Bonchev–Trinajstić information content (AvgIpc) is 2.65. The van der Waals surface area contributed by atoms with E-state index in [1.54, 1.807) is 6.92 Å². The second-order valence-electron chi connectivity index (χ2n) is 4.10. The van der Waals surface area contributed by atoms with E-state index in [-0.39, 0.29) is 16.1 Å². The van der Waals surface area contributed by atoms with Gasteiger partial charge >= 0.3 is 6.18 Å². The Morgan fingerprint density at radius 1 is 1.35 bits per heavy atom. The van der Waals surface area contributed by atoms with E-state index in [9.17, 15) is 13.2 Å². The van der Waals surface area contributed by atoms with E-state index in [4.69, 9.17) is 11.0 Å². The number of hydrogen-bond acceptors (Lipinski definition) is 3. The van der Waals surface area contributed by atoms with Crippen molar-refractivity contribution in [1.82, 2.24) is 0 Å². The van der Waals surface area contributed by atoms with Gasteiger partial charge < -0.3 is 5.73 Å². The monoisotopic (exact) mass is 360 g/mol. The zero-order valence-electron chi connectivity index (χ0n) is 10.2. The van der Waals surface area contributed by atoms with Crippen LogP contribution in [0.3, 0.4) is 0 Å². The van der Waals surface area contributed by atoms with Crippen LogP contribution in [0.1, 0.15) is 16.0 Å². The molecule has 0 saturated heterocycles. The summed E-state index contributed by atoms with van der Waals surface area (Å²) < 4.78 is 39.7. The molecule has 0 unspecified atom stereocenters. The highest BCUT2D eigenvalue weighted by atomic mass is 79.9. The van der Waals surface area contributed by atoms with Gasteiger partial charge in [0.1, 0.15) is 10.9 Å². The highest BCUT2D eigenvalue weighted by Crippen LogP contribution is 2.44. The molecule has 1 aromatic heterocycles. The Balaban J connectivity index is 2.74. The van der Waals surface area contributed by atoms with E-state index < -0.39 is 11.7 Å². The van der Waals surface area contributed by atoms with Crippen LogP contribution < -0.4 is 5.73 Å². The molecule has 0 aliphatic rings. The maximum absolute atomic E-state index is 13.1. The van der Waals surface area contributed by atoms with Gasteiger partial charge in [0, 0.05) is 14.9 Å². The van der Waals surface area contributed by atoms with E-state index in [1.807, 2.05) is 6.07 Å². The number of nitrogen functional groups attached to an aromatic ring is 1. The van der Waals surface area contributed by atoms with Crippen molar-refractivity contribution in [2.24, 2.45) is 0 Å². The quantitative estimate of drug-likeness (QED) is 0.781. The lowest BCUT2D eigenvalue weighted by Gasteiger charge is -2.13. The molecule has 20 heavy (non-hydrogen) atoms. The topological polar surface area (TPSA) is 49.8 Å². The summed E-state index contributed by atoms with van der Waals surface area (Å²) in [6, 6.07) is 5.84. The van der Waals surface area contributed by atoms with Gasteiger partial charge in [-0.05, 0) is 24.6 Å². The van der Waals surface area contributed by atoms with Crippen LogP contribution >= 0.6 is 27.3 Å². The van der Waals surface area contributed by atoms with Gasteiger partial charge in [-0.1, -0.05) is 22.0 Å². The third-order valence-electron chi connectivity index (χ3n) is 2.83. The summed E-state index contributed by atoms with van der Waals surface area (Å²) in [5.41, 5.74) is 5.77. The lowest BCUT2D eigenvalue weighted by molar-refractivity contribution is -0.137. The third-order valence-corrected chi connectivity index (χ3v) is 4.57. The number of thiophene rings is 1. The predicted molar refractivity (Wildman–Crippen MR) is 76.3 cm³/mol. The molecule has 2 aromatic rings. The standard InChI is InChI=1S/C13H8BrF3N2S/c1-6-11(19)10(5-18)20-12(6)8-3-2-7(14)4-9(8)13(15,16)17/h2-4H,19H2,1H3. The minimum Gasteiger partial charge on any atom is -0.397 e. The fourth-order valence-electron chi connectivity index (χ4n) is 1.82. The Labute approximate surface area is 125 Å². The van der Waals surface area contributed by atoms with Crippen molar-refractivity contribution in [3.8, 4) is 16.5 Å². The summed E-state index contributed by atoms with van der Waals surface area (Å²) in [5.74, 6) is 0. The molecule has 2 nitrogen and oxygen atoms in total. The van der Waals surface area contributed by atoms with Crippen molar-refractivity contribution >= 4 is 33.0 Å². The van der Waals surface area contributed by atoms with Crippen molar-refractivity contribution in [1.29, 1.82) is 5.26 Å². The van der Waals surface area contributed by atoms with E-state index in [0.717, 1.165) is 17.4 Å². The Kier molecular flexibility index (Phi) is 3.80. The first-order valence-corrected chi connectivity index (χ1v) is 7.02. The van der Waals surface area contributed by atoms with Crippen molar-refractivity contribution in [2.45, 2.75) is 13.1 Å². The first-order chi connectivity index (χ1) is 9.25. The maximum Gasteiger partial charge on any atom is 0.417 e. The van der Waals surface area contributed by atoms with Crippen molar-refractivity contribution in [3.05, 3.63) is 38.7 Å². The van der Waals surface area contributed by atoms with Gasteiger partial charge in [-0.25, -0.2) is 0 Å². The third kappa shape index (κ3) is 2.53. The normalized spacial score (nSPS) is 11.4. The van der Waals surface area contributed by atoms with Crippen LogP contribution in [0.4, 0.5) is 18.9 Å². The van der Waals surface area contributed by atoms with Gasteiger partial charge in [-0.2, -0.15) is 18.4 Å². The molecule has 0 aliphatic carbocycles.